The monoisotopic (exact) mass is 272 g/mol. The highest BCUT2D eigenvalue weighted by molar-refractivity contribution is 9.10. The van der Waals surface area contributed by atoms with Crippen LogP contribution in [0.5, 0.6) is 0 Å². The number of nitriles is 1. The first-order valence-electron chi connectivity index (χ1n) is 4.86. The summed E-state index contributed by atoms with van der Waals surface area (Å²) >= 11 is 3.38. The lowest BCUT2D eigenvalue weighted by molar-refractivity contribution is 1.02. The molecule has 0 aliphatic rings. The molecule has 1 atom stereocenters. The Bertz CT molecular complexity index is 500. The van der Waals surface area contributed by atoms with Crippen LogP contribution in [0, 0.1) is 11.3 Å². The molecule has 0 radical (unpaired) electrons. The summed E-state index contributed by atoms with van der Waals surface area (Å²) in [6.07, 6.45) is 3.44. The van der Waals surface area contributed by atoms with E-state index < -0.39 is 0 Å². The molecule has 0 aliphatic heterocycles. The summed E-state index contributed by atoms with van der Waals surface area (Å²) in [7, 11) is 0. The van der Waals surface area contributed by atoms with Gasteiger partial charge in [0.2, 0.25) is 0 Å². The van der Waals surface area contributed by atoms with E-state index in [1.165, 1.54) is 0 Å². The maximum Gasteiger partial charge on any atom is 0.0977 e. The molecular formula is C13H9BrN2. The first kappa shape index (κ1) is 10.8. The summed E-state index contributed by atoms with van der Waals surface area (Å²) in [5.41, 5.74) is 1.91. The van der Waals surface area contributed by atoms with Gasteiger partial charge in [-0.3, -0.25) is 4.98 Å². The fourth-order valence-corrected chi connectivity index (χ4v) is 1.81. The predicted octanol–water partition coefficient (Wildman–Crippen LogP) is 3.50. The van der Waals surface area contributed by atoms with Crippen molar-refractivity contribution in [3.05, 3.63) is 64.4 Å². The summed E-state index contributed by atoms with van der Waals surface area (Å²) in [6, 6.07) is 13.8. The van der Waals surface area contributed by atoms with Gasteiger partial charge in [0.15, 0.2) is 0 Å². The summed E-state index contributed by atoms with van der Waals surface area (Å²) in [6.45, 7) is 0. The fourth-order valence-electron chi connectivity index (χ4n) is 1.54. The zero-order valence-corrected chi connectivity index (χ0v) is 10.1. The van der Waals surface area contributed by atoms with Crippen LogP contribution < -0.4 is 0 Å². The molecule has 3 heteroatoms. The highest BCUT2D eigenvalue weighted by Gasteiger charge is 2.12. The van der Waals surface area contributed by atoms with Crippen LogP contribution in [0.15, 0.2) is 53.3 Å². The molecule has 0 saturated carbocycles. The zero-order chi connectivity index (χ0) is 11.4. The van der Waals surface area contributed by atoms with Crippen molar-refractivity contribution in [2.45, 2.75) is 5.92 Å². The second kappa shape index (κ2) is 4.91. The summed E-state index contributed by atoms with van der Waals surface area (Å²) < 4.78 is 1.01. The van der Waals surface area contributed by atoms with E-state index in [1.807, 2.05) is 36.4 Å². The van der Waals surface area contributed by atoms with Gasteiger partial charge >= 0.3 is 0 Å². The van der Waals surface area contributed by atoms with E-state index in [-0.39, 0.29) is 5.92 Å². The topological polar surface area (TPSA) is 36.7 Å². The number of nitrogens with zero attached hydrogens (tertiary/aromatic N) is 2. The van der Waals surface area contributed by atoms with Crippen molar-refractivity contribution in [1.82, 2.24) is 4.98 Å². The van der Waals surface area contributed by atoms with E-state index in [9.17, 15) is 5.26 Å². The summed E-state index contributed by atoms with van der Waals surface area (Å²) in [5.74, 6) is -0.248. The molecule has 0 amide bonds. The Kier molecular flexibility index (Phi) is 3.33. The van der Waals surface area contributed by atoms with Crippen LogP contribution in [0.25, 0.3) is 0 Å². The molecule has 1 aromatic carbocycles. The highest BCUT2D eigenvalue weighted by Crippen LogP contribution is 2.24. The van der Waals surface area contributed by atoms with Crippen LogP contribution in [0.4, 0.5) is 0 Å². The molecule has 0 N–H and O–H groups in total. The number of aromatic nitrogens is 1. The SMILES string of the molecule is N#CC(c1ccc(Br)cc1)c1cccnc1. The third kappa shape index (κ3) is 2.29. The molecule has 0 fully saturated rings. The minimum Gasteiger partial charge on any atom is -0.264 e. The second-order valence-electron chi connectivity index (χ2n) is 3.40. The first-order chi connectivity index (χ1) is 7.81. The predicted molar refractivity (Wildman–Crippen MR) is 65.8 cm³/mol. The van der Waals surface area contributed by atoms with Crippen molar-refractivity contribution in [2.24, 2.45) is 0 Å². The minimum absolute atomic E-state index is 0.248. The quantitative estimate of drug-likeness (QED) is 0.839. The van der Waals surface area contributed by atoms with Crippen molar-refractivity contribution in [2.75, 3.05) is 0 Å². The number of pyridine rings is 1. The van der Waals surface area contributed by atoms with Crippen molar-refractivity contribution < 1.29 is 0 Å². The largest absolute Gasteiger partial charge is 0.264 e. The van der Waals surface area contributed by atoms with Crippen LogP contribution in [-0.4, -0.2) is 4.98 Å². The number of benzene rings is 1. The third-order valence-electron chi connectivity index (χ3n) is 2.35. The van der Waals surface area contributed by atoms with Gasteiger partial charge in [0.1, 0.15) is 0 Å². The average molecular weight is 273 g/mol. The Morgan fingerprint density at radius 3 is 2.44 bits per heavy atom. The van der Waals surface area contributed by atoms with E-state index >= 15 is 0 Å². The molecule has 1 aromatic heterocycles. The van der Waals surface area contributed by atoms with Gasteiger partial charge in [0.25, 0.3) is 0 Å². The van der Waals surface area contributed by atoms with Gasteiger partial charge in [0, 0.05) is 16.9 Å². The highest BCUT2D eigenvalue weighted by atomic mass is 79.9. The van der Waals surface area contributed by atoms with E-state index in [0.717, 1.165) is 15.6 Å². The van der Waals surface area contributed by atoms with Crippen molar-refractivity contribution in [3.63, 3.8) is 0 Å². The number of rotatable bonds is 2. The van der Waals surface area contributed by atoms with Gasteiger partial charge in [0.05, 0.1) is 12.0 Å². The molecule has 1 unspecified atom stereocenters. The molecule has 2 rings (SSSR count). The van der Waals surface area contributed by atoms with Gasteiger partial charge in [-0.2, -0.15) is 5.26 Å². The molecule has 0 aliphatic carbocycles. The van der Waals surface area contributed by atoms with Crippen LogP contribution in [0.3, 0.4) is 0 Å². The molecular weight excluding hydrogens is 264 g/mol. The summed E-state index contributed by atoms with van der Waals surface area (Å²) in [4.78, 5) is 4.04. The number of halogens is 1. The Labute approximate surface area is 103 Å². The molecule has 78 valence electrons. The standard InChI is InChI=1S/C13H9BrN2/c14-12-5-3-10(4-6-12)13(8-15)11-2-1-7-16-9-11/h1-7,9,13H. The van der Waals surface area contributed by atoms with Gasteiger partial charge in [-0.25, -0.2) is 0 Å². The zero-order valence-electron chi connectivity index (χ0n) is 8.47. The van der Waals surface area contributed by atoms with Crippen LogP contribution in [-0.2, 0) is 0 Å². The Hall–Kier alpha value is -1.66. The maximum absolute atomic E-state index is 9.21. The minimum atomic E-state index is -0.248. The number of hydrogen-bond donors (Lipinski definition) is 0. The maximum atomic E-state index is 9.21. The molecule has 2 aromatic rings. The molecule has 0 bridgehead atoms. The van der Waals surface area contributed by atoms with E-state index in [4.69, 9.17) is 0 Å². The fraction of sp³-hybridized carbons (Fsp3) is 0.0769. The Balaban J connectivity index is 2.38. The van der Waals surface area contributed by atoms with Crippen molar-refractivity contribution >= 4 is 15.9 Å². The van der Waals surface area contributed by atoms with Crippen molar-refractivity contribution in [3.8, 4) is 6.07 Å². The van der Waals surface area contributed by atoms with Crippen LogP contribution >= 0.6 is 15.9 Å². The molecule has 16 heavy (non-hydrogen) atoms. The Morgan fingerprint density at radius 1 is 1.12 bits per heavy atom. The third-order valence-corrected chi connectivity index (χ3v) is 2.88. The van der Waals surface area contributed by atoms with E-state index in [1.54, 1.807) is 12.4 Å². The summed E-state index contributed by atoms with van der Waals surface area (Å²) in [5, 5.41) is 9.21. The lowest BCUT2D eigenvalue weighted by Crippen LogP contribution is -1.98. The first-order valence-corrected chi connectivity index (χ1v) is 5.65. The molecule has 0 spiro atoms. The molecule has 1 heterocycles. The molecule has 0 saturated heterocycles. The normalized spacial score (nSPS) is 11.8. The van der Waals surface area contributed by atoms with Crippen LogP contribution in [0.2, 0.25) is 0 Å². The second-order valence-corrected chi connectivity index (χ2v) is 4.32. The lowest BCUT2D eigenvalue weighted by Gasteiger charge is -2.08. The Morgan fingerprint density at radius 2 is 1.88 bits per heavy atom. The van der Waals surface area contributed by atoms with Crippen LogP contribution in [0.1, 0.15) is 17.0 Å². The number of hydrogen-bond acceptors (Lipinski definition) is 2. The smallest absolute Gasteiger partial charge is 0.0977 e. The molecule has 2 nitrogen and oxygen atoms in total. The van der Waals surface area contributed by atoms with Gasteiger partial charge < -0.3 is 0 Å². The average Bonchev–Trinajstić information content (AvgIpc) is 2.34. The van der Waals surface area contributed by atoms with E-state index in [0.29, 0.717) is 0 Å². The van der Waals surface area contributed by atoms with Gasteiger partial charge in [-0.15, -0.1) is 0 Å². The van der Waals surface area contributed by atoms with Gasteiger partial charge in [-0.05, 0) is 29.3 Å². The lowest BCUT2D eigenvalue weighted by atomic mass is 9.94. The van der Waals surface area contributed by atoms with Crippen molar-refractivity contribution in [1.29, 1.82) is 5.26 Å². The van der Waals surface area contributed by atoms with Gasteiger partial charge in [-0.1, -0.05) is 34.1 Å². The van der Waals surface area contributed by atoms with E-state index in [2.05, 4.69) is 27.0 Å².